The van der Waals surface area contributed by atoms with Crippen LogP contribution in [0.5, 0.6) is 11.5 Å². The third-order valence-electron chi connectivity index (χ3n) is 5.82. The third-order valence-corrected chi connectivity index (χ3v) is 5.82. The van der Waals surface area contributed by atoms with Crippen molar-refractivity contribution >= 4 is 17.4 Å². The Morgan fingerprint density at radius 1 is 0.886 bits per heavy atom. The highest BCUT2D eigenvalue weighted by Gasteiger charge is 2.46. The van der Waals surface area contributed by atoms with Crippen molar-refractivity contribution in [3.63, 3.8) is 0 Å². The molecule has 1 atom stereocenters. The number of likely N-dealkylation sites (tertiary alicyclic amines) is 1. The molecule has 1 aliphatic rings. The summed E-state index contributed by atoms with van der Waals surface area (Å²) >= 11 is 0. The number of hydrogen-bond acceptors (Lipinski definition) is 5. The van der Waals surface area contributed by atoms with Crippen molar-refractivity contribution in [3.8, 4) is 11.5 Å². The van der Waals surface area contributed by atoms with E-state index in [2.05, 4.69) is 0 Å². The van der Waals surface area contributed by atoms with Crippen molar-refractivity contribution in [2.75, 3.05) is 13.2 Å². The van der Waals surface area contributed by atoms with Gasteiger partial charge in [0.2, 0.25) is 0 Å². The first-order valence-corrected chi connectivity index (χ1v) is 11.8. The fraction of sp³-hybridized carbons (Fsp3) is 0.241. The Bertz CT molecular complexity index is 1220. The summed E-state index contributed by atoms with van der Waals surface area (Å²) in [6, 6.07) is 23.0. The van der Waals surface area contributed by atoms with Crippen molar-refractivity contribution in [3.05, 3.63) is 101 Å². The molecule has 0 aliphatic carbocycles. The van der Waals surface area contributed by atoms with Gasteiger partial charge in [-0.3, -0.25) is 9.59 Å². The second-order valence-electron chi connectivity index (χ2n) is 8.29. The maximum atomic E-state index is 13.3. The molecule has 0 aromatic heterocycles. The molecule has 0 spiro atoms. The van der Waals surface area contributed by atoms with Crippen LogP contribution in [0.2, 0.25) is 0 Å². The van der Waals surface area contributed by atoms with E-state index in [0.717, 1.165) is 12.0 Å². The summed E-state index contributed by atoms with van der Waals surface area (Å²) in [6.45, 7) is 5.21. The van der Waals surface area contributed by atoms with Crippen molar-refractivity contribution in [2.45, 2.75) is 32.9 Å². The zero-order valence-corrected chi connectivity index (χ0v) is 19.9. The number of nitrogens with zero attached hydrogens (tertiary/aromatic N) is 1. The maximum absolute atomic E-state index is 13.3. The molecule has 1 amide bonds. The molecule has 1 fully saturated rings. The molecule has 1 heterocycles. The summed E-state index contributed by atoms with van der Waals surface area (Å²) in [5.74, 6) is -0.301. The van der Waals surface area contributed by atoms with E-state index in [1.807, 2.05) is 68.4 Å². The van der Waals surface area contributed by atoms with Gasteiger partial charge in [0.15, 0.2) is 0 Å². The minimum atomic E-state index is -0.744. The Morgan fingerprint density at radius 3 is 2.31 bits per heavy atom. The number of Topliss-reactive ketones (excluding diaryl/α,β-unsaturated/α-hetero) is 1. The first kappa shape index (κ1) is 24.1. The van der Waals surface area contributed by atoms with Crippen molar-refractivity contribution in [1.82, 2.24) is 4.90 Å². The first-order valence-electron chi connectivity index (χ1n) is 11.8. The summed E-state index contributed by atoms with van der Waals surface area (Å²) in [5.41, 5.74) is 2.08. The number of hydrogen-bond donors (Lipinski definition) is 1. The predicted octanol–water partition coefficient (Wildman–Crippen LogP) is 5.50. The number of aliphatic hydroxyl groups excluding tert-OH is 1. The largest absolute Gasteiger partial charge is 0.507 e. The lowest BCUT2D eigenvalue weighted by atomic mass is 9.95. The van der Waals surface area contributed by atoms with Crippen LogP contribution in [-0.4, -0.2) is 34.9 Å². The molecule has 3 aromatic rings. The predicted molar refractivity (Wildman–Crippen MR) is 134 cm³/mol. The number of ketones is 1. The normalized spacial score (nSPS) is 17.0. The van der Waals surface area contributed by atoms with Gasteiger partial charge in [-0.05, 0) is 48.7 Å². The highest BCUT2D eigenvalue weighted by molar-refractivity contribution is 6.46. The van der Waals surface area contributed by atoms with Crippen molar-refractivity contribution in [2.24, 2.45) is 0 Å². The summed E-state index contributed by atoms with van der Waals surface area (Å²) in [7, 11) is 0. The minimum Gasteiger partial charge on any atom is -0.507 e. The van der Waals surface area contributed by atoms with E-state index < -0.39 is 17.7 Å². The lowest BCUT2D eigenvalue weighted by molar-refractivity contribution is -0.140. The average molecular weight is 472 g/mol. The molecular formula is C29H29NO5. The van der Waals surface area contributed by atoms with E-state index in [0.29, 0.717) is 35.8 Å². The van der Waals surface area contributed by atoms with E-state index in [9.17, 15) is 14.7 Å². The Labute approximate surface area is 205 Å². The lowest BCUT2D eigenvalue weighted by Gasteiger charge is -2.25. The van der Waals surface area contributed by atoms with Gasteiger partial charge in [0.25, 0.3) is 11.7 Å². The highest BCUT2D eigenvalue weighted by atomic mass is 16.5. The molecule has 1 unspecified atom stereocenters. The summed E-state index contributed by atoms with van der Waals surface area (Å²) in [4.78, 5) is 28.0. The third kappa shape index (κ3) is 5.22. The van der Waals surface area contributed by atoms with Gasteiger partial charge in [0, 0.05) is 12.1 Å². The number of carbonyl (C=O) groups excluding carboxylic acids is 2. The molecule has 35 heavy (non-hydrogen) atoms. The molecule has 1 N–H and O–H groups in total. The van der Waals surface area contributed by atoms with Crippen LogP contribution in [0.15, 0.2) is 84.4 Å². The summed E-state index contributed by atoms with van der Waals surface area (Å²) in [6.07, 6.45) is 0.889. The van der Waals surface area contributed by atoms with E-state index >= 15 is 0 Å². The molecule has 4 rings (SSSR count). The molecule has 180 valence electrons. The molecule has 0 bridgehead atoms. The molecular weight excluding hydrogens is 442 g/mol. The quantitative estimate of drug-likeness (QED) is 0.254. The van der Waals surface area contributed by atoms with Crippen LogP contribution in [0.3, 0.4) is 0 Å². The van der Waals surface area contributed by atoms with E-state index in [-0.39, 0.29) is 17.9 Å². The number of carbonyl (C=O) groups is 2. The number of benzene rings is 3. The Kier molecular flexibility index (Phi) is 7.51. The molecule has 0 radical (unpaired) electrons. The summed E-state index contributed by atoms with van der Waals surface area (Å²) < 4.78 is 11.2. The molecule has 3 aromatic carbocycles. The Morgan fingerprint density at radius 2 is 1.63 bits per heavy atom. The number of rotatable bonds is 9. The van der Waals surface area contributed by atoms with Crippen LogP contribution >= 0.6 is 0 Å². The van der Waals surface area contributed by atoms with Gasteiger partial charge in [-0.2, -0.15) is 0 Å². The number of ether oxygens (including phenoxy) is 2. The second kappa shape index (κ2) is 10.9. The van der Waals surface area contributed by atoms with Crippen LogP contribution < -0.4 is 9.47 Å². The SMILES string of the molecule is CCCOc1ccc(C2C(=C(O)c3cccc(OCC)c3)C(=O)C(=O)N2Cc2ccccc2)cc1. The Balaban J connectivity index is 1.80. The van der Waals surface area contributed by atoms with Crippen LogP contribution in [-0.2, 0) is 16.1 Å². The van der Waals surface area contributed by atoms with Gasteiger partial charge >= 0.3 is 0 Å². The molecule has 1 aliphatic heterocycles. The molecule has 6 nitrogen and oxygen atoms in total. The zero-order chi connectivity index (χ0) is 24.8. The van der Waals surface area contributed by atoms with Gasteiger partial charge in [-0.25, -0.2) is 0 Å². The van der Waals surface area contributed by atoms with Crippen molar-refractivity contribution < 1.29 is 24.2 Å². The fourth-order valence-electron chi connectivity index (χ4n) is 4.19. The van der Waals surface area contributed by atoms with E-state index in [1.165, 1.54) is 4.90 Å². The zero-order valence-electron chi connectivity index (χ0n) is 19.9. The molecule has 1 saturated heterocycles. The van der Waals surface area contributed by atoms with Gasteiger partial charge in [0.1, 0.15) is 17.3 Å². The molecule has 6 heteroatoms. The number of aliphatic hydroxyl groups is 1. The van der Waals surface area contributed by atoms with Crippen molar-refractivity contribution in [1.29, 1.82) is 0 Å². The molecule has 0 saturated carbocycles. The lowest BCUT2D eigenvalue weighted by Crippen LogP contribution is -2.29. The average Bonchev–Trinajstić information content (AvgIpc) is 3.13. The highest BCUT2D eigenvalue weighted by Crippen LogP contribution is 2.41. The van der Waals surface area contributed by atoms with Crippen LogP contribution in [0.1, 0.15) is 43.0 Å². The second-order valence-corrected chi connectivity index (χ2v) is 8.29. The van der Waals surface area contributed by atoms with Crippen LogP contribution in [0.25, 0.3) is 5.76 Å². The van der Waals surface area contributed by atoms with Gasteiger partial charge in [-0.15, -0.1) is 0 Å². The van der Waals surface area contributed by atoms with E-state index in [1.54, 1.807) is 24.3 Å². The maximum Gasteiger partial charge on any atom is 0.295 e. The van der Waals surface area contributed by atoms with Crippen LogP contribution in [0, 0.1) is 0 Å². The van der Waals surface area contributed by atoms with Gasteiger partial charge < -0.3 is 19.5 Å². The topological polar surface area (TPSA) is 76.1 Å². The smallest absolute Gasteiger partial charge is 0.295 e. The standard InChI is InChI=1S/C29H29NO5/c1-3-17-35-23-15-13-21(14-16-23)26-25(27(31)22-11-8-12-24(18-22)34-4-2)28(32)29(33)30(26)19-20-9-6-5-7-10-20/h5-16,18,26,31H,3-4,17,19H2,1-2H3. The first-order chi connectivity index (χ1) is 17.0. The Hall–Kier alpha value is -4.06. The van der Waals surface area contributed by atoms with Gasteiger partial charge in [-0.1, -0.05) is 61.5 Å². The van der Waals surface area contributed by atoms with Gasteiger partial charge in [0.05, 0.1) is 24.8 Å². The fourth-order valence-corrected chi connectivity index (χ4v) is 4.19. The summed E-state index contributed by atoms with van der Waals surface area (Å²) in [5, 5.41) is 11.3. The number of amides is 1. The minimum absolute atomic E-state index is 0.0572. The monoisotopic (exact) mass is 471 g/mol. The van der Waals surface area contributed by atoms with Crippen LogP contribution in [0.4, 0.5) is 0 Å². The van der Waals surface area contributed by atoms with E-state index in [4.69, 9.17) is 9.47 Å².